The van der Waals surface area contributed by atoms with Gasteiger partial charge in [0.2, 0.25) is 0 Å². The number of esters is 1. The summed E-state index contributed by atoms with van der Waals surface area (Å²) in [6.07, 6.45) is 2.38. The molecule has 5 rings (SSSR count). The number of carbonyl (C=O) groups excluding carboxylic acids is 2. The minimum atomic E-state index is -0.824. The number of hydrogen-bond acceptors (Lipinski definition) is 6. The molecule has 0 unspecified atom stereocenters. The molecule has 0 radical (unpaired) electrons. The van der Waals surface area contributed by atoms with Crippen LogP contribution >= 0.6 is 11.3 Å². The van der Waals surface area contributed by atoms with Gasteiger partial charge in [0.25, 0.3) is 0 Å². The lowest BCUT2D eigenvalue weighted by Gasteiger charge is -2.43. The maximum atomic E-state index is 13.9. The molecule has 3 heterocycles. The third-order valence-corrected chi connectivity index (χ3v) is 7.64. The lowest BCUT2D eigenvalue weighted by Crippen LogP contribution is -2.45. The maximum absolute atomic E-state index is 13.9. The maximum Gasteiger partial charge on any atom is 0.317 e. The van der Waals surface area contributed by atoms with Gasteiger partial charge in [-0.15, -0.1) is 11.3 Å². The summed E-state index contributed by atoms with van der Waals surface area (Å²) in [6.45, 7) is 6.00. The molecule has 1 aliphatic carbocycles. The second kappa shape index (κ2) is 7.02. The highest BCUT2D eigenvalue weighted by Gasteiger charge is 2.51. The number of hydrogen-bond donors (Lipinski definition) is 1. The van der Waals surface area contributed by atoms with Gasteiger partial charge in [-0.1, -0.05) is 19.9 Å². The summed E-state index contributed by atoms with van der Waals surface area (Å²) in [5.74, 6) is -1.67. The summed E-state index contributed by atoms with van der Waals surface area (Å²) in [5, 5.41) is 6.63. The number of carbonyl (C=O) groups is 2. The quantitative estimate of drug-likeness (QED) is 0.445. The van der Waals surface area contributed by atoms with Gasteiger partial charge >= 0.3 is 5.97 Å². The number of nitrogens with zero attached hydrogens (tertiary/aromatic N) is 1. The summed E-state index contributed by atoms with van der Waals surface area (Å²) in [6, 6.07) is 10.1. The fourth-order valence-corrected chi connectivity index (χ4v) is 6.17. The van der Waals surface area contributed by atoms with Crippen molar-refractivity contribution >= 4 is 39.7 Å². The number of aromatic nitrogens is 1. The first-order valence-corrected chi connectivity index (χ1v) is 11.2. The number of aryl methyl sites for hydroxylation is 1. The lowest BCUT2D eigenvalue weighted by molar-refractivity contribution is -0.154. The zero-order valence-electron chi connectivity index (χ0n) is 18.0. The second-order valence-corrected chi connectivity index (χ2v) is 9.95. The SMILES string of the molecule is COC(=O)[C@H]1C(=O)C2=C(CC1(C)C)Nc1ccc3ncccc3c1[C@@H]2c1sccc1C. The number of benzene rings is 1. The van der Waals surface area contributed by atoms with Crippen molar-refractivity contribution in [2.24, 2.45) is 11.3 Å². The molecule has 0 spiro atoms. The number of Topliss-reactive ketones (excluding diaryl/α,β-unsaturated/α-hetero) is 1. The zero-order valence-corrected chi connectivity index (χ0v) is 18.8. The molecule has 0 amide bonds. The van der Waals surface area contributed by atoms with E-state index in [2.05, 4.69) is 34.7 Å². The molecule has 1 aliphatic heterocycles. The number of rotatable bonds is 2. The van der Waals surface area contributed by atoms with Crippen LogP contribution in [0.2, 0.25) is 0 Å². The number of nitrogens with one attached hydrogen (secondary N) is 1. The minimum Gasteiger partial charge on any atom is -0.468 e. The third kappa shape index (κ3) is 2.92. The number of allylic oxidation sites excluding steroid dienone is 2. The first kappa shape index (κ1) is 19.9. The van der Waals surface area contributed by atoms with Crippen LogP contribution in [-0.4, -0.2) is 23.8 Å². The fourth-order valence-electron chi connectivity index (χ4n) is 5.13. The lowest BCUT2D eigenvalue weighted by atomic mass is 9.63. The molecule has 2 atom stereocenters. The van der Waals surface area contributed by atoms with E-state index >= 15 is 0 Å². The number of ether oxygens (including phenoxy) is 1. The van der Waals surface area contributed by atoms with Crippen LogP contribution in [0.15, 0.2) is 53.2 Å². The number of anilines is 1. The van der Waals surface area contributed by atoms with Crippen molar-refractivity contribution in [2.45, 2.75) is 33.1 Å². The van der Waals surface area contributed by atoms with Crippen LogP contribution in [0, 0.1) is 18.3 Å². The molecule has 6 heteroatoms. The second-order valence-electron chi connectivity index (χ2n) is 9.00. The Balaban J connectivity index is 1.81. The van der Waals surface area contributed by atoms with Crippen LogP contribution in [0.5, 0.6) is 0 Å². The first-order valence-electron chi connectivity index (χ1n) is 10.4. The molecule has 0 bridgehead atoms. The molecule has 1 aromatic carbocycles. The number of ketones is 1. The molecule has 3 aromatic rings. The van der Waals surface area contributed by atoms with Crippen molar-refractivity contribution in [2.75, 3.05) is 12.4 Å². The Kier molecular flexibility index (Phi) is 4.52. The molecule has 1 N–H and O–H groups in total. The van der Waals surface area contributed by atoms with Crippen molar-refractivity contribution in [3.8, 4) is 0 Å². The number of fused-ring (bicyclic) bond motifs is 3. The molecule has 2 aromatic heterocycles. The van der Waals surface area contributed by atoms with Crippen LogP contribution in [0.25, 0.3) is 10.9 Å². The standard InChI is InChI=1S/C25H24N2O3S/c1-13-9-11-31-23(13)20-18-14-6-5-10-26-15(14)7-8-16(18)27-17-12-25(2,3)21(24(29)30-4)22(28)19(17)20/h5-11,20-21,27H,12H2,1-4H3/t20-,21+/m0/s1. The van der Waals surface area contributed by atoms with Gasteiger partial charge in [-0.25, -0.2) is 0 Å². The van der Waals surface area contributed by atoms with Gasteiger partial charge in [0.1, 0.15) is 5.92 Å². The van der Waals surface area contributed by atoms with Crippen LogP contribution in [0.4, 0.5) is 5.69 Å². The highest BCUT2D eigenvalue weighted by atomic mass is 32.1. The van der Waals surface area contributed by atoms with Crippen molar-refractivity contribution in [1.82, 2.24) is 4.98 Å². The van der Waals surface area contributed by atoms with Gasteiger partial charge in [0.15, 0.2) is 5.78 Å². The molecule has 0 saturated heterocycles. The number of methoxy groups -OCH3 is 1. The Bertz CT molecular complexity index is 1270. The third-order valence-electron chi connectivity index (χ3n) is 6.56. The van der Waals surface area contributed by atoms with E-state index in [9.17, 15) is 9.59 Å². The molecule has 2 aliphatic rings. The monoisotopic (exact) mass is 432 g/mol. The normalized spacial score (nSPS) is 22.0. The van der Waals surface area contributed by atoms with Crippen LogP contribution in [0.3, 0.4) is 0 Å². The Hall–Kier alpha value is -2.99. The highest BCUT2D eigenvalue weighted by molar-refractivity contribution is 7.10. The number of thiophene rings is 1. The predicted octanol–water partition coefficient (Wildman–Crippen LogP) is 5.20. The minimum absolute atomic E-state index is 0.144. The van der Waals surface area contributed by atoms with E-state index in [1.165, 1.54) is 7.11 Å². The largest absolute Gasteiger partial charge is 0.468 e. The Morgan fingerprint density at radius 2 is 2.06 bits per heavy atom. The van der Waals surface area contributed by atoms with E-state index in [0.717, 1.165) is 38.3 Å². The molecule has 158 valence electrons. The average molecular weight is 433 g/mol. The smallest absolute Gasteiger partial charge is 0.317 e. The van der Waals surface area contributed by atoms with Crippen LogP contribution in [0.1, 0.15) is 42.2 Å². The Morgan fingerprint density at radius 3 is 2.77 bits per heavy atom. The molecular formula is C25H24N2O3S. The molecular weight excluding hydrogens is 408 g/mol. The number of pyridine rings is 1. The molecule has 31 heavy (non-hydrogen) atoms. The Labute approximate surface area is 185 Å². The average Bonchev–Trinajstić information content (AvgIpc) is 3.16. The van der Waals surface area contributed by atoms with Crippen molar-refractivity contribution in [3.63, 3.8) is 0 Å². The van der Waals surface area contributed by atoms with Gasteiger partial charge in [0, 0.05) is 33.4 Å². The van der Waals surface area contributed by atoms with E-state index in [-0.39, 0.29) is 11.7 Å². The van der Waals surface area contributed by atoms with E-state index in [0.29, 0.717) is 12.0 Å². The topological polar surface area (TPSA) is 68.3 Å². The van der Waals surface area contributed by atoms with Gasteiger partial charge < -0.3 is 10.1 Å². The van der Waals surface area contributed by atoms with E-state index in [1.807, 2.05) is 32.0 Å². The van der Waals surface area contributed by atoms with Gasteiger partial charge in [0.05, 0.1) is 18.5 Å². The highest BCUT2D eigenvalue weighted by Crippen LogP contribution is 2.53. The Morgan fingerprint density at radius 1 is 1.26 bits per heavy atom. The van der Waals surface area contributed by atoms with Crippen LogP contribution in [-0.2, 0) is 14.3 Å². The van der Waals surface area contributed by atoms with E-state index in [1.54, 1.807) is 17.5 Å². The summed E-state index contributed by atoms with van der Waals surface area (Å²) in [4.78, 5) is 32.3. The summed E-state index contributed by atoms with van der Waals surface area (Å²) in [7, 11) is 1.35. The van der Waals surface area contributed by atoms with Gasteiger partial charge in [-0.2, -0.15) is 0 Å². The van der Waals surface area contributed by atoms with Gasteiger partial charge in [-0.05, 0) is 59.5 Å². The molecule has 0 fully saturated rings. The van der Waals surface area contributed by atoms with E-state index in [4.69, 9.17) is 4.74 Å². The van der Waals surface area contributed by atoms with Crippen molar-refractivity contribution in [1.29, 1.82) is 0 Å². The van der Waals surface area contributed by atoms with Crippen LogP contribution < -0.4 is 5.32 Å². The molecule has 0 saturated carbocycles. The summed E-state index contributed by atoms with van der Waals surface area (Å²) < 4.78 is 5.05. The first-order chi connectivity index (χ1) is 14.8. The van der Waals surface area contributed by atoms with Crippen molar-refractivity contribution in [3.05, 3.63) is 69.2 Å². The predicted molar refractivity (Wildman–Crippen MR) is 122 cm³/mol. The van der Waals surface area contributed by atoms with Gasteiger partial charge in [-0.3, -0.25) is 14.6 Å². The fraction of sp³-hybridized carbons (Fsp3) is 0.320. The van der Waals surface area contributed by atoms with Crippen molar-refractivity contribution < 1.29 is 14.3 Å². The van der Waals surface area contributed by atoms with E-state index < -0.39 is 17.3 Å². The zero-order chi connectivity index (χ0) is 21.9. The molecule has 5 nitrogen and oxygen atoms in total. The summed E-state index contributed by atoms with van der Waals surface area (Å²) >= 11 is 1.65. The summed E-state index contributed by atoms with van der Waals surface area (Å²) in [5.41, 5.74) is 5.12.